The number of nitrogens with zero attached hydrogens (tertiary/aromatic N) is 1. The Bertz CT molecular complexity index is 412. The molecule has 2 rings (SSSR count). The Hall–Kier alpha value is -0.710. The van der Waals surface area contributed by atoms with Gasteiger partial charge in [-0.1, -0.05) is 28.1 Å². The molecule has 1 unspecified atom stereocenters. The van der Waals surface area contributed by atoms with Crippen LogP contribution in [0.2, 0.25) is 0 Å². The standard InChI is InChI=1S/C14H18BrNO2/c15-12-3-1-2-11(10-12)14(18)6-9-16-7-4-13(17)5-8-16/h1-3,10,14,18H,4-9H2. The van der Waals surface area contributed by atoms with Crippen molar-refractivity contribution >= 4 is 21.7 Å². The molecule has 1 aromatic carbocycles. The molecule has 0 radical (unpaired) electrons. The molecule has 1 saturated heterocycles. The highest BCUT2D eigenvalue weighted by molar-refractivity contribution is 9.10. The van der Waals surface area contributed by atoms with Crippen molar-refractivity contribution in [2.24, 2.45) is 0 Å². The first-order chi connectivity index (χ1) is 8.65. The number of hydrogen-bond donors (Lipinski definition) is 1. The summed E-state index contributed by atoms with van der Waals surface area (Å²) in [6.45, 7) is 2.52. The predicted octanol–water partition coefficient (Wildman–Crippen LogP) is 2.54. The minimum atomic E-state index is -0.430. The molecule has 0 bridgehead atoms. The molecule has 1 aliphatic heterocycles. The number of aliphatic hydroxyl groups is 1. The van der Waals surface area contributed by atoms with E-state index in [2.05, 4.69) is 20.8 Å². The molecular weight excluding hydrogens is 294 g/mol. The number of piperidine rings is 1. The first-order valence-electron chi connectivity index (χ1n) is 6.33. The lowest BCUT2D eigenvalue weighted by Crippen LogP contribution is -2.35. The van der Waals surface area contributed by atoms with E-state index >= 15 is 0 Å². The summed E-state index contributed by atoms with van der Waals surface area (Å²) in [5.41, 5.74) is 0.942. The number of ketones is 1. The largest absolute Gasteiger partial charge is 0.388 e. The Morgan fingerprint density at radius 2 is 2.06 bits per heavy atom. The topological polar surface area (TPSA) is 40.5 Å². The average molecular weight is 312 g/mol. The number of Topliss-reactive ketones (excluding diaryl/α,β-unsaturated/α-hetero) is 1. The van der Waals surface area contributed by atoms with Gasteiger partial charge in [0.15, 0.2) is 0 Å². The molecule has 98 valence electrons. The van der Waals surface area contributed by atoms with E-state index < -0.39 is 6.10 Å². The lowest BCUT2D eigenvalue weighted by molar-refractivity contribution is -0.121. The van der Waals surface area contributed by atoms with Crippen LogP contribution in [0.5, 0.6) is 0 Å². The summed E-state index contributed by atoms with van der Waals surface area (Å²) in [4.78, 5) is 13.4. The van der Waals surface area contributed by atoms with Crippen molar-refractivity contribution in [3.05, 3.63) is 34.3 Å². The lowest BCUT2D eigenvalue weighted by Gasteiger charge is -2.26. The van der Waals surface area contributed by atoms with Gasteiger partial charge in [-0.3, -0.25) is 4.79 Å². The molecule has 1 atom stereocenters. The van der Waals surface area contributed by atoms with Gasteiger partial charge in [0.1, 0.15) is 5.78 Å². The molecule has 0 aliphatic carbocycles. The number of halogens is 1. The Labute approximate surface area is 116 Å². The lowest BCUT2D eigenvalue weighted by atomic mass is 10.1. The first kappa shape index (κ1) is 13.7. The van der Waals surface area contributed by atoms with Crippen molar-refractivity contribution in [1.29, 1.82) is 0 Å². The fraction of sp³-hybridized carbons (Fsp3) is 0.500. The van der Waals surface area contributed by atoms with Crippen LogP contribution < -0.4 is 0 Å². The van der Waals surface area contributed by atoms with E-state index in [-0.39, 0.29) is 0 Å². The number of aliphatic hydroxyl groups excluding tert-OH is 1. The molecule has 18 heavy (non-hydrogen) atoms. The molecule has 3 nitrogen and oxygen atoms in total. The van der Waals surface area contributed by atoms with E-state index in [1.165, 1.54) is 0 Å². The molecule has 0 aromatic heterocycles. The number of carbonyl (C=O) groups is 1. The summed E-state index contributed by atoms with van der Waals surface area (Å²) in [5.74, 6) is 0.360. The van der Waals surface area contributed by atoms with Gasteiger partial charge in [-0.2, -0.15) is 0 Å². The highest BCUT2D eigenvalue weighted by Gasteiger charge is 2.17. The third-order valence-corrected chi connectivity index (χ3v) is 3.86. The van der Waals surface area contributed by atoms with Crippen molar-refractivity contribution in [2.75, 3.05) is 19.6 Å². The van der Waals surface area contributed by atoms with Crippen LogP contribution in [0, 0.1) is 0 Å². The summed E-state index contributed by atoms with van der Waals surface area (Å²) in [7, 11) is 0. The number of benzene rings is 1. The third kappa shape index (κ3) is 3.90. The molecule has 1 heterocycles. The fourth-order valence-electron chi connectivity index (χ4n) is 2.21. The normalized spacial score (nSPS) is 18.9. The van der Waals surface area contributed by atoms with Crippen LogP contribution in [0.25, 0.3) is 0 Å². The van der Waals surface area contributed by atoms with E-state index in [1.807, 2.05) is 24.3 Å². The van der Waals surface area contributed by atoms with Crippen LogP contribution in [0.15, 0.2) is 28.7 Å². The van der Waals surface area contributed by atoms with Crippen molar-refractivity contribution in [3.63, 3.8) is 0 Å². The second-order valence-corrected chi connectivity index (χ2v) is 5.66. The Morgan fingerprint density at radius 1 is 1.33 bits per heavy atom. The van der Waals surface area contributed by atoms with Crippen LogP contribution >= 0.6 is 15.9 Å². The summed E-state index contributed by atoms with van der Waals surface area (Å²) in [6.07, 6.45) is 1.60. The summed E-state index contributed by atoms with van der Waals surface area (Å²) >= 11 is 3.41. The summed E-state index contributed by atoms with van der Waals surface area (Å²) in [5, 5.41) is 10.1. The van der Waals surface area contributed by atoms with E-state index in [4.69, 9.17) is 0 Å². The Balaban J connectivity index is 1.81. The minimum Gasteiger partial charge on any atom is -0.388 e. The third-order valence-electron chi connectivity index (χ3n) is 3.37. The summed E-state index contributed by atoms with van der Waals surface area (Å²) in [6, 6.07) is 7.77. The van der Waals surface area contributed by atoms with Gasteiger partial charge in [0.2, 0.25) is 0 Å². The highest BCUT2D eigenvalue weighted by atomic mass is 79.9. The maximum atomic E-state index is 11.1. The second kappa shape index (κ2) is 6.45. The molecule has 1 fully saturated rings. The molecule has 0 spiro atoms. The molecule has 0 saturated carbocycles. The number of carbonyl (C=O) groups excluding carboxylic acids is 1. The molecule has 4 heteroatoms. The van der Waals surface area contributed by atoms with Gasteiger partial charge in [0, 0.05) is 36.9 Å². The molecule has 0 amide bonds. The van der Waals surface area contributed by atoms with Crippen molar-refractivity contribution in [1.82, 2.24) is 4.90 Å². The van der Waals surface area contributed by atoms with Gasteiger partial charge < -0.3 is 10.0 Å². The average Bonchev–Trinajstić information content (AvgIpc) is 2.38. The van der Waals surface area contributed by atoms with Crippen LogP contribution in [0.3, 0.4) is 0 Å². The quantitative estimate of drug-likeness (QED) is 0.929. The Kier molecular flexibility index (Phi) is 4.92. The van der Waals surface area contributed by atoms with Gasteiger partial charge in [0.05, 0.1) is 6.10 Å². The van der Waals surface area contributed by atoms with Gasteiger partial charge in [-0.25, -0.2) is 0 Å². The zero-order valence-electron chi connectivity index (χ0n) is 10.3. The van der Waals surface area contributed by atoms with Gasteiger partial charge in [-0.15, -0.1) is 0 Å². The van der Waals surface area contributed by atoms with Crippen LogP contribution in [0.4, 0.5) is 0 Å². The zero-order chi connectivity index (χ0) is 13.0. The van der Waals surface area contributed by atoms with Gasteiger partial charge >= 0.3 is 0 Å². The SMILES string of the molecule is O=C1CCN(CCC(O)c2cccc(Br)c2)CC1. The smallest absolute Gasteiger partial charge is 0.135 e. The molecular formula is C14H18BrNO2. The van der Waals surface area contributed by atoms with E-state index in [0.29, 0.717) is 25.0 Å². The van der Waals surface area contributed by atoms with Crippen molar-refractivity contribution < 1.29 is 9.90 Å². The predicted molar refractivity (Wildman–Crippen MR) is 74.4 cm³/mol. The van der Waals surface area contributed by atoms with Crippen molar-refractivity contribution in [2.45, 2.75) is 25.4 Å². The Morgan fingerprint density at radius 3 is 2.72 bits per heavy atom. The minimum absolute atomic E-state index is 0.360. The van der Waals surface area contributed by atoms with Crippen LogP contribution in [0.1, 0.15) is 30.9 Å². The fourth-order valence-corrected chi connectivity index (χ4v) is 2.63. The van der Waals surface area contributed by atoms with Crippen molar-refractivity contribution in [3.8, 4) is 0 Å². The monoisotopic (exact) mass is 311 g/mol. The number of hydrogen-bond acceptors (Lipinski definition) is 3. The molecule has 1 N–H and O–H groups in total. The van der Waals surface area contributed by atoms with Crippen LogP contribution in [-0.4, -0.2) is 35.4 Å². The van der Waals surface area contributed by atoms with E-state index in [9.17, 15) is 9.90 Å². The summed E-state index contributed by atoms with van der Waals surface area (Å²) < 4.78 is 0.989. The van der Waals surface area contributed by atoms with Gasteiger partial charge in [0.25, 0.3) is 0 Å². The molecule has 1 aromatic rings. The number of likely N-dealkylation sites (tertiary alicyclic amines) is 1. The number of rotatable bonds is 4. The van der Waals surface area contributed by atoms with E-state index in [0.717, 1.165) is 29.7 Å². The van der Waals surface area contributed by atoms with Gasteiger partial charge in [-0.05, 0) is 24.1 Å². The second-order valence-electron chi connectivity index (χ2n) is 4.74. The maximum Gasteiger partial charge on any atom is 0.135 e. The maximum absolute atomic E-state index is 11.1. The molecule has 1 aliphatic rings. The highest BCUT2D eigenvalue weighted by Crippen LogP contribution is 2.21. The van der Waals surface area contributed by atoms with E-state index in [1.54, 1.807) is 0 Å². The first-order valence-corrected chi connectivity index (χ1v) is 7.12. The van der Waals surface area contributed by atoms with Crippen LogP contribution in [-0.2, 0) is 4.79 Å². The zero-order valence-corrected chi connectivity index (χ0v) is 11.9.